The Labute approximate surface area is 121 Å². The van der Waals surface area contributed by atoms with Crippen LogP contribution in [0.5, 0.6) is 0 Å². The second kappa shape index (κ2) is 7.24. The summed E-state index contributed by atoms with van der Waals surface area (Å²) in [6, 6.07) is -0.751. The van der Waals surface area contributed by atoms with Crippen molar-refractivity contribution in [3.05, 3.63) is 0 Å². The average molecular weight is 307 g/mol. The summed E-state index contributed by atoms with van der Waals surface area (Å²) in [6.45, 7) is 9.18. The highest BCUT2D eigenvalue weighted by Gasteiger charge is 2.27. The third-order valence-corrected chi connectivity index (χ3v) is 4.75. The molecule has 20 heavy (non-hydrogen) atoms. The molecule has 1 aliphatic heterocycles. The van der Waals surface area contributed by atoms with Crippen LogP contribution in [0.15, 0.2) is 0 Å². The van der Waals surface area contributed by atoms with E-state index >= 15 is 0 Å². The first-order valence-corrected chi connectivity index (χ1v) is 8.34. The molecule has 0 radical (unpaired) electrons. The number of hydrogen-bond donors (Lipinski definition) is 2. The van der Waals surface area contributed by atoms with Gasteiger partial charge >= 0.3 is 16.2 Å². The summed E-state index contributed by atoms with van der Waals surface area (Å²) in [6.07, 6.45) is 0. The highest BCUT2D eigenvalue weighted by Crippen LogP contribution is 2.11. The number of rotatable bonds is 5. The van der Waals surface area contributed by atoms with Crippen LogP contribution < -0.4 is 10.0 Å². The number of nitrogens with zero attached hydrogens (tertiary/aromatic N) is 1. The fourth-order valence-corrected chi connectivity index (χ4v) is 3.30. The van der Waals surface area contributed by atoms with E-state index in [2.05, 4.69) is 10.0 Å². The van der Waals surface area contributed by atoms with Crippen LogP contribution in [0.25, 0.3) is 0 Å². The van der Waals surface area contributed by atoms with Crippen LogP contribution in [0.3, 0.4) is 0 Å². The SMILES string of the molecule is CC(C)C(NC(=O)NS(=O)(=O)N1CCOCC1)C(C)C. The Morgan fingerprint density at radius 1 is 1.10 bits per heavy atom. The second-order valence-electron chi connectivity index (χ2n) is 5.61. The van der Waals surface area contributed by atoms with Gasteiger partial charge in [0.15, 0.2) is 0 Å². The molecule has 2 N–H and O–H groups in total. The van der Waals surface area contributed by atoms with E-state index in [0.29, 0.717) is 13.2 Å². The van der Waals surface area contributed by atoms with Gasteiger partial charge in [0.1, 0.15) is 0 Å². The van der Waals surface area contributed by atoms with Gasteiger partial charge in [-0.3, -0.25) is 0 Å². The first-order chi connectivity index (χ1) is 9.24. The number of nitrogens with one attached hydrogen (secondary N) is 2. The molecule has 8 heteroatoms. The van der Waals surface area contributed by atoms with Crippen molar-refractivity contribution in [2.24, 2.45) is 11.8 Å². The monoisotopic (exact) mass is 307 g/mol. The van der Waals surface area contributed by atoms with Gasteiger partial charge in [-0.15, -0.1) is 0 Å². The maximum Gasteiger partial charge on any atom is 0.329 e. The van der Waals surface area contributed by atoms with Crippen LogP contribution in [0.1, 0.15) is 27.7 Å². The van der Waals surface area contributed by atoms with E-state index in [1.165, 1.54) is 4.31 Å². The number of carbonyl (C=O) groups is 1. The molecule has 1 fully saturated rings. The Bertz CT molecular complexity index is 408. The molecule has 0 unspecified atom stereocenters. The van der Waals surface area contributed by atoms with E-state index in [0.717, 1.165) is 0 Å². The molecule has 0 atom stereocenters. The minimum absolute atomic E-state index is 0.0742. The van der Waals surface area contributed by atoms with Crippen molar-refractivity contribution in [2.45, 2.75) is 33.7 Å². The molecule has 0 aromatic carbocycles. The third kappa shape index (κ3) is 4.92. The van der Waals surface area contributed by atoms with Gasteiger partial charge < -0.3 is 10.1 Å². The van der Waals surface area contributed by atoms with Gasteiger partial charge in [0, 0.05) is 19.1 Å². The van der Waals surface area contributed by atoms with E-state index in [4.69, 9.17) is 4.74 Å². The minimum Gasteiger partial charge on any atom is -0.379 e. The summed E-state index contributed by atoms with van der Waals surface area (Å²) in [7, 11) is -3.79. The van der Waals surface area contributed by atoms with Gasteiger partial charge in [0.2, 0.25) is 0 Å². The predicted octanol–water partition coefficient (Wildman–Crippen LogP) is 0.543. The van der Waals surface area contributed by atoms with Crippen molar-refractivity contribution >= 4 is 16.2 Å². The maximum absolute atomic E-state index is 12.0. The number of amides is 2. The van der Waals surface area contributed by atoms with E-state index in [-0.39, 0.29) is 31.0 Å². The molecular weight excluding hydrogens is 282 g/mol. The highest BCUT2D eigenvalue weighted by molar-refractivity contribution is 7.87. The number of hydrogen-bond acceptors (Lipinski definition) is 4. The topological polar surface area (TPSA) is 87.7 Å². The zero-order valence-electron chi connectivity index (χ0n) is 12.5. The van der Waals surface area contributed by atoms with Gasteiger partial charge in [0.25, 0.3) is 0 Å². The molecule has 1 rings (SSSR count). The molecule has 1 aliphatic rings. The Balaban J connectivity index is 2.60. The van der Waals surface area contributed by atoms with E-state index < -0.39 is 16.2 Å². The first-order valence-electron chi connectivity index (χ1n) is 6.90. The summed E-state index contributed by atoms with van der Waals surface area (Å²) in [5.74, 6) is 0.457. The fraction of sp³-hybridized carbons (Fsp3) is 0.917. The summed E-state index contributed by atoms with van der Waals surface area (Å²) in [4.78, 5) is 11.9. The van der Waals surface area contributed by atoms with E-state index in [1.807, 2.05) is 27.7 Å². The fourth-order valence-electron chi connectivity index (χ4n) is 2.25. The van der Waals surface area contributed by atoms with Crippen LogP contribution in [-0.4, -0.2) is 51.1 Å². The maximum atomic E-state index is 12.0. The first kappa shape index (κ1) is 17.2. The molecule has 0 saturated carbocycles. The molecule has 2 amide bonds. The van der Waals surface area contributed by atoms with Crippen LogP contribution in [0, 0.1) is 11.8 Å². The van der Waals surface area contributed by atoms with E-state index in [9.17, 15) is 13.2 Å². The molecule has 0 aromatic heterocycles. The molecule has 1 saturated heterocycles. The minimum atomic E-state index is -3.79. The normalized spacial score (nSPS) is 17.8. The zero-order valence-corrected chi connectivity index (χ0v) is 13.4. The van der Waals surface area contributed by atoms with Crippen molar-refractivity contribution < 1.29 is 17.9 Å². The van der Waals surface area contributed by atoms with E-state index in [1.54, 1.807) is 0 Å². The lowest BCUT2D eigenvalue weighted by atomic mass is 9.93. The molecule has 0 bridgehead atoms. The molecule has 7 nitrogen and oxygen atoms in total. The van der Waals surface area contributed by atoms with Crippen molar-refractivity contribution in [2.75, 3.05) is 26.3 Å². The molecule has 0 spiro atoms. The second-order valence-corrected chi connectivity index (χ2v) is 7.28. The largest absolute Gasteiger partial charge is 0.379 e. The third-order valence-electron chi connectivity index (χ3n) is 3.27. The van der Waals surface area contributed by atoms with Gasteiger partial charge in [-0.1, -0.05) is 27.7 Å². The summed E-state index contributed by atoms with van der Waals surface area (Å²) in [5.41, 5.74) is 0. The zero-order chi connectivity index (χ0) is 15.3. The van der Waals surface area contributed by atoms with Gasteiger partial charge in [-0.05, 0) is 11.8 Å². The van der Waals surface area contributed by atoms with Crippen molar-refractivity contribution in [3.8, 4) is 0 Å². The van der Waals surface area contributed by atoms with Crippen LogP contribution >= 0.6 is 0 Å². The van der Waals surface area contributed by atoms with Crippen molar-refractivity contribution in [1.29, 1.82) is 0 Å². The molecular formula is C12H25N3O4S. The van der Waals surface area contributed by atoms with Crippen LogP contribution in [0.2, 0.25) is 0 Å². The lowest BCUT2D eigenvalue weighted by molar-refractivity contribution is 0.0726. The Kier molecular flexibility index (Phi) is 6.22. The summed E-state index contributed by atoms with van der Waals surface area (Å²) in [5, 5.41) is 2.72. The Hall–Kier alpha value is -0.860. The number of urea groups is 1. The quantitative estimate of drug-likeness (QED) is 0.776. The standard InChI is InChI=1S/C12H25N3O4S/c1-9(2)11(10(3)4)13-12(16)14-20(17,18)15-5-7-19-8-6-15/h9-11H,5-8H2,1-4H3,(H2,13,14,16). The predicted molar refractivity (Wildman–Crippen MR) is 76.4 cm³/mol. The summed E-state index contributed by atoms with van der Waals surface area (Å²) >= 11 is 0. The van der Waals surface area contributed by atoms with Gasteiger partial charge in [0.05, 0.1) is 13.2 Å². The van der Waals surface area contributed by atoms with Gasteiger partial charge in [-0.2, -0.15) is 12.7 Å². The lowest BCUT2D eigenvalue weighted by Gasteiger charge is -2.28. The molecule has 0 aromatic rings. The molecule has 1 heterocycles. The summed E-state index contributed by atoms with van der Waals surface area (Å²) < 4.78 is 32.4. The average Bonchev–Trinajstić information content (AvgIpc) is 2.35. The van der Waals surface area contributed by atoms with Crippen molar-refractivity contribution in [3.63, 3.8) is 0 Å². The lowest BCUT2D eigenvalue weighted by Crippen LogP contribution is -2.53. The van der Waals surface area contributed by atoms with Crippen LogP contribution in [-0.2, 0) is 14.9 Å². The number of ether oxygens (including phenoxy) is 1. The molecule has 118 valence electrons. The smallest absolute Gasteiger partial charge is 0.329 e. The Morgan fingerprint density at radius 3 is 2.05 bits per heavy atom. The number of morpholine rings is 1. The van der Waals surface area contributed by atoms with Gasteiger partial charge in [-0.25, -0.2) is 9.52 Å². The molecule has 0 aliphatic carbocycles. The van der Waals surface area contributed by atoms with Crippen molar-refractivity contribution in [1.82, 2.24) is 14.3 Å². The Morgan fingerprint density at radius 2 is 1.60 bits per heavy atom. The number of carbonyl (C=O) groups excluding carboxylic acids is 1. The van der Waals surface area contributed by atoms with Crippen LogP contribution in [0.4, 0.5) is 4.79 Å². The highest BCUT2D eigenvalue weighted by atomic mass is 32.2.